The van der Waals surface area contributed by atoms with Gasteiger partial charge in [0.15, 0.2) is 0 Å². The molecule has 0 unspecified atom stereocenters. The van der Waals surface area contributed by atoms with E-state index >= 15 is 0 Å². The predicted octanol–water partition coefficient (Wildman–Crippen LogP) is 3.67. The molecular weight excluding hydrogens is 328 g/mol. The van der Waals surface area contributed by atoms with E-state index in [0.29, 0.717) is 21.3 Å². The first-order valence-corrected chi connectivity index (χ1v) is 7.81. The molecule has 120 valence electrons. The molecule has 0 aliphatic heterocycles. The lowest BCUT2D eigenvalue weighted by Gasteiger charge is -2.01. The van der Waals surface area contributed by atoms with Gasteiger partial charge in [-0.05, 0) is 31.2 Å². The average molecular weight is 340 g/mol. The van der Waals surface area contributed by atoms with Crippen LogP contribution in [0, 0.1) is 17.0 Å². The Morgan fingerprint density at radius 1 is 1.17 bits per heavy atom. The molecule has 1 N–H and O–H groups in total. The molecule has 0 radical (unpaired) electrons. The van der Waals surface area contributed by atoms with Crippen molar-refractivity contribution < 1.29 is 9.72 Å². The SMILES string of the molecule is Cc1cccc(C(=O)Nc2nnc(-c3ccc([N+](=O)[O-])cc3)s2)c1. The largest absolute Gasteiger partial charge is 0.296 e. The molecule has 0 aliphatic carbocycles. The number of non-ortho nitro benzene ring substituents is 1. The topological polar surface area (TPSA) is 98.0 Å². The third-order valence-corrected chi connectivity index (χ3v) is 4.14. The fourth-order valence-electron chi connectivity index (χ4n) is 2.07. The number of aryl methyl sites for hydroxylation is 1. The lowest BCUT2D eigenvalue weighted by Crippen LogP contribution is -2.11. The second kappa shape index (κ2) is 6.55. The Morgan fingerprint density at radius 2 is 1.92 bits per heavy atom. The fraction of sp³-hybridized carbons (Fsp3) is 0.0625. The Labute approximate surface area is 141 Å². The molecule has 24 heavy (non-hydrogen) atoms. The molecule has 0 bridgehead atoms. The van der Waals surface area contributed by atoms with Gasteiger partial charge in [-0.1, -0.05) is 29.0 Å². The Kier molecular flexibility index (Phi) is 4.30. The highest BCUT2D eigenvalue weighted by molar-refractivity contribution is 7.18. The Balaban J connectivity index is 1.75. The van der Waals surface area contributed by atoms with E-state index in [1.807, 2.05) is 19.1 Å². The number of nitrogens with zero attached hydrogens (tertiary/aromatic N) is 3. The van der Waals surface area contributed by atoms with Crippen LogP contribution in [-0.2, 0) is 0 Å². The van der Waals surface area contributed by atoms with Crippen LogP contribution in [0.3, 0.4) is 0 Å². The maximum atomic E-state index is 12.2. The first kappa shape index (κ1) is 15.8. The number of hydrogen-bond acceptors (Lipinski definition) is 6. The van der Waals surface area contributed by atoms with Crippen LogP contribution in [0.1, 0.15) is 15.9 Å². The molecule has 1 aromatic heterocycles. The number of carbonyl (C=O) groups excluding carboxylic acids is 1. The van der Waals surface area contributed by atoms with Gasteiger partial charge < -0.3 is 0 Å². The van der Waals surface area contributed by atoms with E-state index in [0.717, 1.165) is 5.56 Å². The molecule has 2 aromatic carbocycles. The second-order valence-corrected chi connectivity index (χ2v) is 6.02. The van der Waals surface area contributed by atoms with Gasteiger partial charge in [0.2, 0.25) is 5.13 Å². The summed E-state index contributed by atoms with van der Waals surface area (Å²) in [6.45, 7) is 1.91. The number of nitro benzene ring substituents is 1. The number of rotatable bonds is 4. The number of amides is 1. The maximum absolute atomic E-state index is 12.2. The van der Waals surface area contributed by atoms with Crippen LogP contribution in [0.4, 0.5) is 10.8 Å². The minimum absolute atomic E-state index is 0.0104. The number of anilines is 1. The van der Waals surface area contributed by atoms with E-state index in [2.05, 4.69) is 15.5 Å². The summed E-state index contributed by atoms with van der Waals surface area (Å²) < 4.78 is 0. The molecule has 8 heteroatoms. The zero-order chi connectivity index (χ0) is 17.1. The van der Waals surface area contributed by atoms with Crippen LogP contribution < -0.4 is 5.32 Å². The predicted molar refractivity (Wildman–Crippen MR) is 91.1 cm³/mol. The first-order chi connectivity index (χ1) is 11.5. The molecular formula is C16H12N4O3S. The van der Waals surface area contributed by atoms with Crippen LogP contribution in [0.5, 0.6) is 0 Å². The van der Waals surface area contributed by atoms with E-state index in [1.54, 1.807) is 24.3 Å². The third kappa shape index (κ3) is 3.44. The van der Waals surface area contributed by atoms with Crippen LogP contribution in [-0.4, -0.2) is 21.0 Å². The van der Waals surface area contributed by atoms with Crippen LogP contribution in [0.25, 0.3) is 10.6 Å². The van der Waals surface area contributed by atoms with Crippen molar-refractivity contribution in [3.8, 4) is 10.6 Å². The number of benzene rings is 2. The molecule has 7 nitrogen and oxygen atoms in total. The minimum Gasteiger partial charge on any atom is -0.296 e. The zero-order valence-electron chi connectivity index (χ0n) is 12.6. The molecule has 3 rings (SSSR count). The summed E-state index contributed by atoms with van der Waals surface area (Å²) in [5, 5.41) is 22.3. The van der Waals surface area contributed by atoms with Gasteiger partial charge >= 0.3 is 0 Å². The molecule has 0 aliphatic rings. The van der Waals surface area contributed by atoms with Gasteiger partial charge in [-0.25, -0.2) is 0 Å². The van der Waals surface area contributed by atoms with Crippen molar-refractivity contribution in [2.75, 3.05) is 5.32 Å². The molecule has 0 spiro atoms. The van der Waals surface area contributed by atoms with Crippen molar-refractivity contribution in [3.05, 3.63) is 69.8 Å². The van der Waals surface area contributed by atoms with Gasteiger partial charge in [0.25, 0.3) is 11.6 Å². The molecule has 0 saturated heterocycles. The van der Waals surface area contributed by atoms with Gasteiger partial charge in [-0.3, -0.25) is 20.2 Å². The van der Waals surface area contributed by atoms with Gasteiger partial charge in [-0.15, -0.1) is 10.2 Å². The number of nitrogens with one attached hydrogen (secondary N) is 1. The molecule has 0 saturated carbocycles. The summed E-state index contributed by atoms with van der Waals surface area (Å²) in [4.78, 5) is 22.4. The third-order valence-electron chi connectivity index (χ3n) is 3.25. The fourth-order valence-corrected chi connectivity index (χ4v) is 2.82. The summed E-state index contributed by atoms with van der Waals surface area (Å²) in [6.07, 6.45) is 0. The number of nitro groups is 1. The second-order valence-electron chi connectivity index (χ2n) is 5.04. The minimum atomic E-state index is -0.461. The summed E-state index contributed by atoms with van der Waals surface area (Å²) in [7, 11) is 0. The highest BCUT2D eigenvalue weighted by Gasteiger charge is 2.12. The van der Waals surface area contributed by atoms with Gasteiger partial charge in [0.1, 0.15) is 5.01 Å². The molecule has 1 amide bonds. The first-order valence-electron chi connectivity index (χ1n) is 6.99. The summed E-state index contributed by atoms with van der Waals surface area (Å²) in [5.41, 5.74) is 2.25. The summed E-state index contributed by atoms with van der Waals surface area (Å²) in [6, 6.07) is 13.2. The lowest BCUT2D eigenvalue weighted by molar-refractivity contribution is -0.384. The Morgan fingerprint density at radius 3 is 2.58 bits per heavy atom. The highest BCUT2D eigenvalue weighted by Crippen LogP contribution is 2.28. The van der Waals surface area contributed by atoms with Crippen molar-refractivity contribution >= 4 is 28.1 Å². The Bertz CT molecular complexity index is 906. The van der Waals surface area contributed by atoms with Crippen molar-refractivity contribution in [2.24, 2.45) is 0 Å². The number of carbonyl (C=O) groups is 1. The normalized spacial score (nSPS) is 10.4. The van der Waals surface area contributed by atoms with E-state index in [4.69, 9.17) is 0 Å². The summed E-state index contributed by atoms with van der Waals surface area (Å²) >= 11 is 1.20. The monoisotopic (exact) mass is 340 g/mol. The number of hydrogen-bond donors (Lipinski definition) is 1. The van der Waals surface area contributed by atoms with Crippen molar-refractivity contribution in [1.29, 1.82) is 0 Å². The zero-order valence-corrected chi connectivity index (χ0v) is 13.4. The molecule has 0 atom stereocenters. The van der Waals surface area contributed by atoms with Gasteiger partial charge in [-0.2, -0.15) is 0 Å². The standard InChI is InChI=1S/C16H12N4O3S/c1-10-3-2-4-12(9-10)14(21)17-16-19-18-15(24-16)11-5-7-13(8-6-11)20(22)23/h2-9H,1H3,(H,17,19,21). The van der Waals surface area contributed by atoms with Gasteiger partial charge in [0, 0.05) is 23.3 Å². The van der Waals surface area contributed by atoms with Crippen molar-refractivity contribution in [3.63, 3.8) is 0 Å². The maximum Gasteiger partial charge on any atom is 0.269 e. The van der Waals surface area contributed by atoms with Crippen molar-refractivity contribution in [1.82, 2.24) is 10.2 Å². The van der Waals surface area contributed by atoms with Gasteiger partial charge in [0.05, 0.1) is 4.92 Å². The highest BCUT2D eigenvalue weighted by atomic mass is 32.1. The number of aromatic nitrogens is 2. The average Bonchev–Trinajstić information content (AvgIpc) is 3.03. The van der Waals surface area contributed by atoms with Crippen LogP contribution >= 0.6 is 11.3 Å². The summed E-state index contributed by atoms with van der Waals surface area (Å²) in [5.74, 6) is -0.259. The van der Waals surface area contributed by atoms with E-state index in [-0.39, 0.29) is 11.6 Å². The van der Waals surface area contributed by atoms with E-state index < -0.39 is 4.92 Å². The molecule has 1 heterocycles. The van der Waals surface area contributed by atoms with Crippen LogP contribution in [0.15, 0.2) is 48.5 Å². The van der Waals surface area contributed by atoms with E-state index in [1.165, 1.54) is 23.5 Å². The Hall–Kier alpha value is -3.13. The molecule has 3 aromatic rings. The smallest absolute Gasteiger partial charge is 0.269 e. The van der Waals surface area contributed by atoms with E-state index in [9.17, 15) is 14.9 Å². The lowest BCUT2D eigenvalue weighted by atomic mass is 10.1. The molecule has 0 fully saturated rings. The van der Waals surface area contributed by atoms with Crippen LogP contribution in [0.2, 0.25) is 0 Å². The van der Waals surface area contributed by atoms with Crippen molar-refractivity contribution in [2.45, 2.75) is 6.92 Å². The quantitative estimate of drug-likeness (QED) is 0.577.